The van der Waals surface area contributed by atoms with Gasteiger partial charge < -0.3 is 19.4 Å². The van der Waals surface area contributed by atoms with E-state index in [4.69, 9.17) is 4.74 Å². The molecule has 1 unspecified atom stereocenters. The second-order valence-corrected chi connectivity index (χ2v) is 9.30. The second-order valence-electron chi connectivity index (χ2n) is 9.30. The molecule has 1 atom stereocenters. The van der Waals surface area contributed by atoms with Gasteiger partial charge in [0.15, 0.2) is 5.78 Å². The zero-order valence-electron chi connectivity index (χ0n) is 18.8. The van der Waals surface area contributed by atoms with Crippen molar-refractivity contribution in [3.8, 4) is 0 Å². The number of carbonyl (C=O) groups excluding carboxylic acids is 3. The van der Waals surface area contributed by atoms with Crippen molar-refractivity contribution in [1.29, 1.82) is 0 Å². The number of ether oxygens (including phenoxy) is 1. The monoisotopic (exact) mass is 433 g/mol. The van der Waals surface area contributed by atoms with Gasteiger partial charge in [-0.05, 0) is 58.7 Å². The predicted molar refractivity (Wildman–Crippen MR) is 116 cm³/mol. The van der Waals surface area contributed by atoms with Gasteiger partial charge in [0.05, 0.1) is 11.6 Å². The van der Waals surface area contributed by atoms with Crippen LogP contribution in [0.15, 0.2) is 18.2 Å². The van der Waals surface area contributed by atoms with Crippen molar-refractivity contribution in [2.75, 3.05) is 44.2 Å². The summed E-state index contributed by atoms with van der Waals surface area (Å²) in [7, 11) is 0. The van der Waals surface area contributed by atoms with Gasteiger partial charge in [-0.25, -0.2) is 9.18 Å². The summed E-state index contributed by atoms with van der Waals surface area (Å²) in [6.07, 6.45) is 1.14. The Balaban J connectivity index is 1.56. The van der Waals surface area contributed by atoms with Gasteiger partial charge in [0.2, 0.25) is 5.91 Å². The van der Waals surface area contributed by atoms with E-state index in [0.29, 0.717) is 50.5 Å². The SMILES string of the molecule is CC(=O)c1ccc(N2CCN(C(=O)C3CCCN(C(=O)OC(C)(C)C)C3)CC2)c(F)c1. The molecule has 0 N–H and O–H groups in total. The lowest BCUT2D eigenvalue weighted by molar-refractivity contribution is -0.137. The van der Waals surface area contributed by atoms with Crippen LogP contribution in [0.5, 0.6) is 0 Å². The van der Waals surface area contributed by atoms with E-state index < -0.39 is 11.4 Å². The molecule has 2 aliphatic heterocycles. The van der Waals surface area contributed by atoms with Crippen LogP contribution >= 0.6 is 0 Å². The van der Waals surface area contributed by atoms with Crippen molar-refractivity contribution in [2.45, 2.75) is 46.1 Å². The summed E-state index contributed by atoms with van der Waals surface area (Å²) in [5.74, 6) is -0.791. The van der Waals surface area contributed by atoms with Gasteiger partial charge in [-0.2, -0.15) is 0 Å². The molecular formula is C23H32FN3O4. The number of amides is 2. The van der Waals surface area contributed by atoms with Gasteiger partial charge in [-0.15, -0.1) is 0 Å². The van der Waals surface area contributed by atoms with E-state index in [1.165, 1.54) is 13.0 Å². The molecule has 2 saturated heterocycles. The molecule has 2 fully saturated rings. The van der Waals surface area contributed by atoms with Crippen molar-refractivity contribution in [1.82, 2.24) is 9.80 Å². The minimum absolute atomic E-state index is 0.0420. The quantitative estimate of drug-likeness (QED) is 0.684. The third-order valence-corrected chi connectivity index (χ3v) is 5.71. The summed E-state index contributed by atoms with van der Waals surface area (Å²) in [4.78, 5) is 42.2. The highest BCUT2D eigenvalue weighted by atomic mass is 19.1. The van der Waals surface area contributed by atoms with Gasteiger partial charge in [-0.3, -0.25) is 9.59 Å². The van der Waals surface area contributed by atoms with Crippen LogP contribution in [0.25, 0.3) is 0 Å². The van der Waals surface area contributed by atoms with Gasteiger partial charge >= 0.3 is 6.09 Å². The number of halogens is 1. The molecule has 1 aromatic rings. The molecule has 7 nitrogen and oxygen atoms in total. The van der Waals surface area contributed by atoms with E-state index in [1.807, 2.05) is 30.6 Å². The largest absolute Gasteiger partial charge is 0.444 e. The molecule has 0 aliphatic carbocycles. The minimum atomic E-state index is -0.567. The third-order valence-electron chi connectivity index (χ3n) is 5.71. The first kappa shape index (κ1) is 23.0. The van der Waals surface area contributed by atoms with Gasteiger partial charge in [0, 0.05) is 44.8 Å². The fourth-order valence-electron chi connectivity index (χ4n) is 4.08. The number of hydrogen-bond acceptors (Lipinski definition) is 5. The van der Waals surface area contributed by atoms with E-state index in [0.717, 1.165) is 12.8 Å². The Hall–Kier alpha value is -2.64. The molecule has 3 rings (SSSR count). The molecule has 170 valence electrons. The van der Waals surface area contributed by atoms with E-state index >= 15 is 0 Å². The molecule has 0 radical (unpaired) electrons. The number of nitrogens with zero attached hydrogens (tertiary/aromatic N) is 3. The molecule has 2 heterocycles. The number of hydrogen-bond donors (Lipinski definition) is 0. The molecule has 2 amide bonds. The smallest absolute Gasteiger partial charge is 0.410 e. The highest BCUT2D eigenvalue weighted by molar-refractivity contribution is 5.94. The Labute approximate surface area is 183 Å². The lowest BCUT2D eigenvalue weighted by Gasteiger charge is -2.40. The zero-order valence-corrected chi connectivity index (χ0v) is 18.8. The van der Waals surface area contributed by atoms with Crippen molar-refractivity contribution >= 4 is 23.5 Å². The Morgan fingerprint density at radius 1 is 1.03 bits per heavy atom. The lowest BCUT2D eigenvalue weighted by atomic mass is 9.96. The Bertz CT molecular complexity index is 844. The van der Waals surface area contributed by atoms with Crippen LogP contribution in [0.3, 0.4) is 0 Å². The maximum atomic E-state index is 14.5. The van der Waals surface area contributed by atoms with Crippen molar-refractivity contribution in [3.05, 3.63) is 29.6 Å². The number of ketones is 1. The van der Waals surface area contributed by atoms with Crippen LogP contribution in [0.2, 0.25) is 0 Å². The second kappa shape index (κ2) is 9.24. The Morgan fingerprint density at radius 2 is 1.71 bits per heavy atom. The fourth-order valence-corrected chi connectivity index (χ4v) is 4.08. The predicted octanol–water partition coefficient (Wildman–Crippen LogP) is 3.32. The molecule has 0 spiro atoms. The molecular weight excluding hydrogens is 401 g/mol. The summed E-state index contributed by atoms with van der Waals surface area (Å²) >= 11 is 0. The topological polar surface area (TPSA) is 70.2 Å². The van der Waals surface area contributed by atoms with Gasteiger partial charge in [0.1, 0.15) is 11.4 Å². The number of piperazine rings is 1. The van der Waals surface area contributed by atoms with E-state index in [-0.39, 0.29) is 23.7 Å². The molecule has 0 aromatic heterocycles. The van der Waals surface area contributed by atoms with Crippen LogP contribution in [-0.2, 0) is 9.53 Å². The summed E-state index contributed by atoms with van der Waals surface area (Å²) < 4.78 is 19.9. The van der Waals surface area contributed by atoms with Crippen LogP contribution < -0.4 is 4.90 Å². The van der Waals surface area contributed by atoms with Crippen molar-refractivity contribution in [3.63, 3.8) is 0 Å². The first-order valence-electron chi connectivity index (χ1n) is 10.9. The highest BCUT2D eigenvalue weighted by Crippen LogP contribution is 2.25. The fraction of sp³-hybridized carbons (Fsp3) is 0.609. The van der Waals surface area contributed by atoms with Crippen molar-refractivity contribution < 1.29 is 23.5 Å². The number of carbonyl (C=O) groups is 3. The first-order valence-corrected chi connectivity index (χ1v) is 10.9. The molecule has 1 aromatic carbocycles. The van der Waals surface area contributed by atoms with Crippen LogP contribution in [0, 0.1) is 11.7 Å². The van der Waals surface area contributed by atoms with Crippen LogP contribution in [0.4, 0.5) is 14.9 Å². The number of Topliss-reactive ketones (excluding diaryl/α,β-unsaturated/α-hetero) is 1. The van der Waals surface area contributed by atoms with Gasteiger partial charge in [-0.1, -0.05) is 0 Å². The molecule has 0 bridgehead atoms. The van der Waals surface area contributed by atoms with E-state index in [9.17, 15) is 18.8 Å². The summed E-state index contributed by atoms with van der Waals surface area (Å²) in [5.41, 5.74) is 0.232. The number of benzene rings is 1. The minimum Gasteiger partial charge on any atom is -0.444 e. The van der Waals surface area contributed by atoms with Crippen molar-refractivity contribution in [2.24, 2.45) is 5.92 Å². The Morgan fingerprint density at radius 3 is 2.29 bits per heavy atom. The average molecular weight is 434 g/mol. The van der Waals surface area contributed by atoms with E-state index in [1.54, 1.807) is 17.0 Å². The standard InChI is InChI=1S/C23H32FN3O4/c1-16(28)17-7-8-20(19(24)14-17)25-10-12-26(13-11-25)21(29)18-6-5-9-27(15-18)22(30)31-23(2,3)4/h7-8,14,18H,5-6,9-13,15H2,1-4H3. The highest BCUT2D eigenvalue weighted by Gasteiger charge is 2.34. The summed E-state index contributed by atoms with van der Waals surface area (Å²) in [5, 5.41) is 0. The first-order chi connectivity index (χ1) is 14.5. The molecule has 31 heavy (non-hydrogen) atoms. The van der Waals surface area contributed by atoms with Crippen LogP contribution in [-0.4, -0.2) is 72.5 Å². The normalized spacial score (nSPS) is 19.9. The number of anilines is 1. The lowest BCUT2D eigenvalue weighted by Crippen LogP contribution is -2.53. The average Bonchev–Trinajstić information content (AvgIpc) is 2.72. The number of rotatable bonds is 3. The Kier molecular flexibility index (Phi) is 6.86. The van der Waals surface area contributed by atoms with E-state index in [2.05, 4.69) is 0 Å². The van der Waals surface area contributed by atoms with Gasteiger partial charge in [0.25, 0.3) is 0 Å². The maximum Gasteiger partial charge on any atom is 0.410 e. The molecule has 2 aliphatic rings. The summed E-state index contributed by atoms with van der Waals surface area (Å²) in [6, 6.07) is 4.53. The molecule has 8 heteroatoms. The number of piperidine rings is 1. The third kappa shape index (κ3) is 5.74. The maximum absolute atomic E-state index is 14.5. The molecule has 0 saturated carbocycles. The summed E-state index contributed by atoms with van der Waals surface area (Å²) in [6.45, 7) is 9.89. The van der Waals surface area contributed by atoms with Crippen LogP contribution in [0.1, 0.15) is 50.9 Å². The number of likely N-dealkylation sites (tertiary alicyclic amines) is 1. The zero-order chi connectivity index (χ0) is 22.8.